The molecule has 0 saturated heterocycles. The second kappa shape index (κ2) is 9.91. The van der Waals surface area contributed by atoms with Gasteiger partial charge in [-0.2, -0.15) is 13.2 Å². The maximum atomic E-state index is 12.6. The Morgan fingerprint density at radius 3 is 2.24 bits per heavy atom. The molecule has 0 aromatic heterocycles. The maximum Gasteiger partial charge on any atom is 0.416 e. The molecule has 1 atom stereocenters. The minimum Gasteiger partial charge on any atom is -0.478 e. The first-order valence-electron chi connectivity index (χ1n) is 9.09. The molecule has 29 heavy (non-hydrogen) atoms. The quantitative estimate of drug-likeness (QED) is 0.613. The number of carbonyl (C=O) groups excluding carboxylic acids is 1. The molecule has 0 aliphatic carbocycles. The lowest BCUT2D eigenvalue weighted by Gasteiger charge is -2.15. The molecule has 0 bridgehead atoms. The minimum absolute atomic E-state index is 0.0157. The van der Waals surface area contributed by atoms with Gasteiger partial charge in [0.25, 0.3) is 0 Å². The van der Waals surface area contributed by atoms with E-state index in [1.54, 1.807) is 6.92 Å². The fourth-order valence-electron chi connectivity index (χ4n) is 2.80. The Bertz CT molecular complexity index is 859. The van der Waals surface area contributed by atoms with Gasteiger partial charge >= 0.3 is 12.1 Å². The lowest BCUT2D eigenvalue weighted by Crippen LogP contribution is -2.27. The molecule has 2 rings (SSSR count). The first kappa shape index (κ1) is 22.2. The topological polar surface area (TPSA) is 66.4 Å². The molecule has 0 aliphatic heterocycles. The smallest absolute Gasteiger partial charge is 0.416 e. The highest BCUT2D eigenvalue weighted by Gasteiger charge is 2.30. The summed E-state index contributed by atoms with van der Waals surface area (Å²) in [5, 5.41) is 11.9. The molecule has 2 N–H and O–H groups in total. The third-order valence-corrected chi connectivity index (χ3v) is 4.41. The van der Waals surface area contributed by atoms with Crippen molar-refractivity contribution < 1.29 is 27.9 Å². The van der Waals surface area contributed by atoms with Gasteiger partial charge in [0.05, 0.1) is 18.0 Å². The van der Waals surface area contributed by atoms with Crippen molar-refractivity contribution in [1.82, 2.24) is 5.32 Å². The van der Waals surface area contributed by atoms with E-state index < -0.39 is 29.7 Å². The third-order valence-electron chi connectivity index (χ3n) is 4.41. The van der Waals surface area contributed by atoms with Crippen LogP contribution in [-0.4, -0.2) is 17.0 Å². The number of hydrogen-bond acceptors (Lipinski definition) is 2. The van der Waals surface area contributed by atoms with Crippen LogP contribution in [0.1, 0.15) is 42.5 Å². The monoisotopic (exact) mass is 405 g/mol. The van der Waals surface area contributed by atoms with Crippen molar-refractivity contribution >= 4 is 11.9 Å². The van der Waals surface area contributed by atoms with Gasteiger partial charge in [-0.15, -0.1) is 0 Å². The number of aliphatic carboxylic acids is 1. The first-order valence-corrected chi connectivity index (χ1v) is 9.09. The van der Waals surface area contributed by atoms with Gasteiger partial charge in [0.2, 0.25) is 5.91 Å². The van der Waals surface area contributed by atoms with E-state index in [0.717, 1.165) is 17.7 Å². The van der Waals surface area contributed by atoms with Crippen molar-refractivity contribution in [3.63, 3.8) is 0 Å². The lowest BCUT2D eigenvalue weighted by molar-refractivity contribution is -0.137. The summed E-state index contributed by atoms with van der Waals surface area (Å²) in [6.07, 6.45) is -2.08. The van der Waals surface area contributed by atoms with Gasteiger partial charge in [-0.3, -0.25) is 4.79 Å². The number of alkyl halides is 3. The Balaban J connectivity index is 1.93. The summed E-state index contributed by atoms with van der Waals surface area (Å²) in [6, 6.07) is 13.5. The van der Waals surface area contributed by atoms with Gasteiger partial charge in [-0.25, -0.2) is 4.79 Å². The van der Waals surface area contributed by atoms with Crippen LogP contribution < -0.4 is 5.32 Å². The second-order valence-corrected chi connectivity index (χ2v) is 6.64. The zero-order chi connectivity index (χ0) is 21.4. The van der Waals surface area contributed by atoms with Gasteiger partial charge in [-0.1, -0.05) is 48.5 Å². The summed E-state index contributed by atoms with van der Waals surface area (Å²) in [6.45, 7) is 1.63. The predicted molar refractivity (Wildman–Crippen MR) is 103 cm³/mol. The number of benzene rings is 2. The summed E-state index contributed by atoms with van der Waals surface area (Å²) in [4.78, 5) is 23.6. The zero-order valence-corrected chi connectivity index (χ0v) is 15.9. The number of halogens is 3. The van der Waals surface area contributed by atoms with Crippen LogP contribution in [0, 0.1) is 0 Å². The number of allylic oxidation sites excluding steroid dienone is 1. The normalized spacial score (nSPS) is 13.0. The van der Waals surface area contributed by atoms with Gasteiger partial charge in [0.15, 0.2) is 0 Å². The van der Waals surface area contributed by atoms with E-state index in [-0.39, 0.29) is 12.0 Å². The zero-order valence-electron chi connectivity index (χ0n) is 15.9. The van der Waals surface area contributed by atoms with Crippen LogP contribution in [0.3, 0.4) is 0 Å². The van der Waals surface area contributed by atoms with Gasteiger partial charge < -0.3 is 10.4 Å². The number of rotatable bonds is 8. The summed E-state index contributed by atoms with van der Waals surface area (Å²) in [5.41, 5.74) is 0.775. The van der Waals surface area contributed by atoms with Crippen LogP contribution >= 0.6 is 0 Å². The third kappa shape index (κ3) is 7.10. The molecule has 0 saturated carbocycles. The predicted octanol–water partition coefficient (Wildman–Crippen LogP) is 4.92. The largest absolute Gasteiger partial charge is 0.478 e. The van der Waals surface area contributed by atoms with Crippen molar-refractivity contribution in [2.45, 2.75) is 38.4 Å². The minimum atomic E-state index is -4.42. The second-order valence-electron chi connectivity index (χ2n) is 6.64. The Hall–Kier alpha value is -3.09. The maximum absolute atomic E-state index is 12.6. The first-order chi connectivity index (χ1) is 13.7. The molecule has 0 aliphatic rings. The molecule has 154 valence electrons. The highest BCUT2D eigenvalue weighted by molar-refractivity contribution is 5.94. The van der Waals surface area contributed by atoms with E-state index in [9.17, 15) is 27.9 Å². The Kier molecular flexibility index (Phi) is 7.59. The summed E-state index contributed by atoms with van der Waals surface area (Å²) >= 11 is 0. The standard InChI is InChI=1S/C22H22F3NO3/c1-15(17-10-12-19(13-11-17)22(23,24)25)26-20(27)14-18(21(28)29)9-5-8-16-6-3-2-4-7-16/h2-4,6-7,9-13,15H,5,8,14H2,1H3,(H,26,27)(H,28,29)/b18-9+. The lowest BCUT2D eigenvalue weighted by atomic mass is 10.0. The highest BCUT2D eigenvalue weighted by atomic mass is 19.4. The molecule has 4 nitrogen and oxygen atoms in total. The molecule has 0 spiro atoms. The van der Waals surface area contributed by atoms with Crippen LogP contribution in [-0.2, 0) is 22.2 Å². The Labute approximate surface area is 167 Å². The number of hydrogen-bond donors (Lipinski definition) is 2. The van der Waals surface area contributed by atoms with Crippen LogP contribution in [0.15, 0.2) is 66.2 Å². The van der Waals surface area contributed by atoms with Crippen LogP contribution in [0.4, 0.5) is 13.2 Å². The van der Waals surface area contributed by atoms with E-state index in [1.807, 2.05) is 30.3 Å². The van der Waals surface area contributed by atoms with E-state index in [0.29, 0.717) is 18.4 Å². The van der Waals surface area contributed by atoms with Gasteiger partial charge in [-0.05, 0) is 43.0 Å². The van der Waals surface area contributed by atoms with Crippen molar-refractivity contribution in [2.75, 3.05) is 0 Å². The molecular weight excluding hydrogens is 383 g/mol. The number of carboxylic acids is 1. The van der Waals surface area contributed by atoms with Gasteiger partial charge in [0, 0.05) is 5.57 Å². The van der Waals surface area contributed by atoms with Crippen LogP contribution in [0.25, 0.3) is 0 Å². The molecule has 2 aromatic rings. The SMILES string of the molecule is CC(NC(=O)C/C(=C\CCc1ccccc1)C(=O)O)c1ccc(C(F)(F)F)cc1. The molecule has 1 unspecified atom stereocenters. The van der Waals surface area contributed by atoms with E-state index in [1.165, 1.54) is 18.2 Å². The molecule has 0 fully saturated rings. The molecule has 1 amide bonds. The number of nitrogens with one attached hydrogen (secondary N) is 1. The molecular formula is C22H22F3NO3. The van der Waals surface area contributed by atoms with Crippen molar-refractivity contribution in [1.29, 1.82) is 0 Å². The highest BCUT2D eigenvalue weighted by Crippen LogP contribution is 2.29. The summed E-state index contributed by atoms with van der Waals surface area (Å²) < 4.78 is 37.9. The average molecular weight is 405 g/mol. The number of aryl methyl sites for hydroxylation is 1. The number of carbonyl (C=O) groups is 2. The molecule has 2 aromatic carbocycles. The van der Waals surface area contributed by atoms with Crippen LogP contribution in [0.5, 0.6) is 0 Å². The number of amides is 1. The Morgan fingerprint density at radius 2 is 1.69 bits per heavy atom. The summed E-state index contributed by atoms with van der Waals surface area (Å²) in [5.74, 6) is -1.68. The molecule has 0 radical (unpaired) electrons. The molecule has 7 heteroatoms. The number of carboxylic acid groups (broad SMARTS) is 1. The van der Waals surface area contributed by atoms with Crippen molar-refractivity contribution in [2.24, 2.45) is 0 Å². The van der Waals surface area contributed by atoms with Crippen molar-refractivity contribution in [3.8, 4) is 0 Å². The fourth-order valence-corrected chi connectivity index (χ4v) is 2.80. The summed E-state index contributed by atoms with van der Waals surface area (Å²) in [7, 11) is 0. The van der Waals surface area contributed by atoms with Crippen LogP contribution in [0.2, 0.25) is 0 Å². The average Bonchev–Trinajstić information content (AvgIpc) is 2.67. The van der Waals surface area contributed by atoms with E-state index >= 15 is 0 Å². The van der Waals surface area contributed by atoms with Crippen molar-refractivity contribution in [3.05, 3.63) is 82.9 Å². The van der Waals surface area contributed by atoms with E-state index in [4.69, 9.17) is 0 Å². The Morgan fingerprint density at radius 1 is 1.07 bits per heavy atom. The van der Waals surface area contributed by atoms with E-state index in [2.05, 4.69) is 5.32 Å². The fraction of sp³-hybridized carbons (Fsp3) is 0.273. The molecule has 0 heterocycles. The van der Waals surface area contributed by atoms with Gasteiger partial charge in [0.1, 0.15) is 0 Å².